The lowest BCUT2D eigenvalue weighted by atomic mass is 10.2. The molecular formula is C16H15N3O2S. The number of aromatic amines is 1. The molecule has 0 radical (unpaired) electrons. The van der Waals surface area contributed by atoms with Gasteiger partial charge in [-0.25, -0.2) is 4.98 Å². The molecular weight excluding hydrogens is 298 g/mol. The number of thioether (sulfide) groups is 1. The van der Waals surface area contributed by atoms with Gasteiger partial charge in [0.25, 0.3) is 0 Å². The van der Waals surface area contributed by atoms with E-state index in [1.807, 2.05) is 36.4 Å². The number of furan rings is 1. The summed E-state index contributed by atoms with van der Waals surface area (Å²) in [6.45, 7) is 0.403. The van der Waals surface area contributed by atoms with Crippen molar-refractivity contribution in [3.05, 3.63) is 60.7 Å². The fourth-order valence-corrected chi connectivity index (χ4v) is 2.60. The number of benzene rings is 1. The topological polar surface area (TPSA) is 70.9 Å². The summed E-state index contributed by atoms with van der Waals surface area (Å²) < 4.78 is 5.16. The zero-order chi connectivity index (χ0) is 15.2. The number of carbonyl (C=O) groups is 1. The average molecular weight is 313 g/mol. The Morgan fingerprint density at radius 2 is 2.09 bits per heavy atom. The normalized spacial score (nSPS) is 10.5. The molecule has 2 N–H and O–H groups in total. The minimum Gasteiger partial charge on any atom is -0.467 e. The largest absolute Gasteiger partial charge is 0.467 e. The predicted octanol–water partition coefficient (Wildman–Crippen LogP) is 3.08. The molecule has 6 heteroatoms. The number of rotatable bonds is 6. The van der Waals surface area contributed by atoms with Crippen molar-refractivity contribution in [3.63, 3.8) is 0 Å². The molecule has 2 heterocycles. The van der Waals surface area contributed by atoms with Crippen molar-refractivity contribution in [2.75, 3.05) is 5.75 Å². The van der Waals surface area contributed by atoms with E-state index in [0.29, 0.717) is 12.3 Å². The monoisotopic (exact) mass is 313 g/mol. The first-order chi connectivity index (χ1) is 10.8. The summed E-state index contributed by atoms with van der Waals surface area (Å²) in [5, 5.41) is 3.53. The number of amides is 1. The lowest BCUT2D eigenvalue weighted by Crippen LogP contribution is -2.24. The number of imidazole rings is 1. The highest BCUT2D eigenvalue weighted by Gasteiger charge is 2.07. The summed E-state index contributed by atoms with van der Waals surface area (Å²) in [5.41, 5.74) is 2.02. The van der Waals surface area contributed by atoms with Gasteiger partial charge in [0, 0.05) is 0 Å². The van der Waals surface area contributed by atoms with Gasteiger partial charge in [-0.15, -0.1) is 0 Å². The van der Waals surface area contributed by atoms with E-state index >= 15 is 0 Å². The summed E-state index contributed by atoms with van der Waals surface area (Å²) in [6.07, 6.45) is 3.36. The van der Waals surface area contributed by atoms with E-state index in [2.05, 4.69) is 15.3 Å². The maximum Gasteiger partial charge on any atom is 0.230 e. The molecule has 3 rings (SSSR count). The van der Waals surface area contributed by atoms with Crippen LogP contribution < -0.4 is 5.32 Å². The van der Waals surface area contributed by atoms with Crippen LogP contribution in [-0.4, -0.2) is 21.6 Å². The Balaban J connectivity index is 1.49. The molecule has 0 spiro atoms. The zero-order valence-corrected chi connectivity index (χ0v) is 12.6. The van der Waals surface area contributed by atoms with Crippen molar-refractivity contribution < 1.29 is 9.21 Å². The third-order valence-corrected chi connectivity index (χ3v) is 3.90. The number of H-pyrrole nitrogens is 1. The fraction of sp³-hybridized carbons (Fsp3) is 0.125. The van der Waals surface area contributed by atoms with Gasteiger partial charge < -0.3 is 14.7 Å². The average Bonchev–Trinajstić information content (AvgIpc) is 3.23. The molecule has 0 aliphatic rings. The number of nitrogens with one attached hydrogen (secondary N) is 2. The number of hydrogen-bond acceptors (Lipinski definition) is 4. The molecule has 112 valence electrons. The Bertz CT molecular complexity index is 723. The van der Waals surface area contributed by atoms with E-state index in [9.17, 15) is 4.79 Å². The molecule has 0 aliphatic carbocycles. The van der Waals surface area contributed by atoms with Crippen molar-refractivity contribution in [2.24, 2.45) is 0 Å². The number of nitrogens with zero attached hydrogens (tertiary/aromatic N) is 1. The summed E-state index contributed by atoms with van der Waals surface area (Å²) in [5.74, 6) is 0.990. The minimum absolute atomic E-state index is 0.0564. The smallest absolute Gasteiger partial charge is 0.230 e. The molecule has 0 saturated heterocycles. The Labute approximate surface area is 132 Å². The Morgan fingerprint density at radius 1 is 1.23 bits per heavy atom. The van der Waals surface area contributed by atoms with E-state index < -0.39 is 0 Å². The van der Waals surface area contributed by atoms with Gasteiger partial charge in [-0.05, 0) is 17.7 Å². The molecule has 0 fully saturated rings. The third-order valence-electron chi connectivity index (χ3n) is 3.02. The van der Waals surface area contributed by atoms with Gasteiger partial charge in [-0.1, -0.05) is 42.1 Å². The second kappa shape index (κ2) is 7.00. The van der Waals surface area contributed by atoms with Gasteiger partial charge in [-0.3, -0.25) is 4.79 Å². The highest BCUT2D eigenvalue weighted by atomic mass is 32.2. The summed E-state index contributed by atoms with van der Waals surface area (Å²) in [7, 11) is 0. The van der Waals surface area contributed by atoms with Crippen LogP contribution in [-0.2, 0) is 11.3 Å². The number of hydrogen-bond donors (Lipinski definition) is 2. The second-order valence-electron chi connectivity index (χ2n) is 4.61. The summed E-state index contributed by atoms with van der Waals surface area (Å²) in [4.78, 5) is 19.3. The molecule has 0 bridgehead atoms. The molecule has 5 nitrogen and oxygen atoms in total. The van der Waals surface area contributed by atoms with Crippen LogP contribution in [0.3, 0.4) is 0 Å². The van der Waals surface area contributed by atoms with E-state index in [1.165, 1.54) is 11.8 Å². The van der Waals surface area contributed by atoms with Crippen LogP contribution in [0.4, 0.5) is 0 Å². The predicted molar refractivity (Wildman–Crippen MR) is 85.3 cm³/mol. The third kappa shape index (κ3) is 3.79. The van der Waals surface area contributed by atoms with Crippen LogP contribution in [0, 0.1) is 0 Å². The van der Waals surface area contributed by atoms with Gasteiger partial charge in [0.2, 0.25) is 5.91 Å². The number of carbonyl (C=O) groups excluding carboxylic acids is 1. The van der Waals surface area contributed by atoms with E-state index in [4.69, 9.17) is 4.42 Å². The standard InChI is InChI=1S/C16H15N3O2S/c20-15(17-9-13-7-4-8-21-13)11-22-16-18-10-14(19-16)12-5-2-1-3-6-12/h1-8,10H,9,11H2,(H,17,20)(H,18,19). The Kier molecular flexibility index (Phi) is 4.60. The van der Waals surface area contributed by atoms with Crippen molar-refractivity contribution in [1.82, 2.24) is 15.3 Å². The Morgan fingerprint density at radius 3 is 2.86 bits per heavy atom. The van der Waals surface area contributed by atoms with Crippen molar-refractivity contribution in [1.29, 1.82) is 0 Å². The van der Waals surface area contributed by atoms with Gasteiger partial charge >= 0.3 is 0 Å². The van der Waals surface area contributed by atoms with Crippen LogP contribution in [0.25, 0.3) is 11.3 Å². The Hall–Kier alpha value is -2.47. The molecule has 0 aliphatic heterocycles. The maximum atomic E-state index is 11.8. The molecule has 22 heavy (non-hydrogen) atoms. The molecule has 0 atom stereocenters. The van der Waals surface area contributed by atoms with Crippen molar-refractivity contribution in [2.45, 2.75) is 11.7 Å². The quantitative estimate of drug-likeness (QED) is 0.686. The molecule has 2 aromatic heterocycles. The first-order valence-corrected chi connectivity index (χ1v) is 7.82. The molecule has 1 aromatic carbocycles. The second-order valence-corrected chi connectivity index (χ2v) is 5.58. The van der Waals surface area contributed by atoms with Gasteiger partial charge in [-0.2, -0.15) is 0 Å². The first kappa shape index (κ1) is 14.5. The van der Waals surface area contributed by atoms with E-state index in [-0.39, 0.29) is 5.91 Å². The maximum absolute atomic E-state index is 11.8. The zero-order valence-electron chi connectivity index (χ0n) is 11.8. The highest BCUT2D eigenvalue weighted by molar-refractivity contribution is 7.99. The first-order valence-electron chi connectivity index (χ1n) is 6.83. The van der Waals surface area contributed by atoms with E-state index in [1.54, 1.807) is 18.5 Å². The number of aromatic nitrogens is 2. The van der Waals surface area contributed by atoms with Gasteiger partial charge in [0.15, 0.2) is 5.16 Å². The SMILES string of the molecule is O=C(CSc1ncc(-c2ccccc2)[nH]1)NCc1ccco1. The summed E-state index contributed by atoms with van der Waals surface area (Å²) >= 11 is 1.37. The van der Waals surface area contributed by atoms with Crippen LogP contribution in [0.2, 0.25) is 0 Å². The van der Waals surface area contributed by atoms with Crippen LogP contribution in [0.1, 0.15) is 5.76 Å². The van der Waals surface area contributed by atoms with Gasteiger partial charge in [0.1, 0.15) is 5.76 Å². The molecule has 0 unspecified atom stereocenters. The lowest BCUT2D eigenvalue weighted by Gasteiger charge is -2.01. The van der Waals surface area contributed by atoms with Crippen LogP contribution >= 0.6 is 11.8 Å². The van der Waals surface area contributed by atoms with E-state index in [0.717, 1.165) is 22.2 Å². The van der Waals surface area contributed by atoms with Crippen LogP contribution in [0.15, 0.2) is 64.5 Å². The fourth-order valence-electron chi connectivity index (χ4n) is 1.92. The van der Waals surface area contributed by atoms with Crippen molar-refractivity contribution in [3.8, 4) is 11.3 Å². The molecule has 0 saturated carbocycles. The highest BCUT2D eigenvalue weighted by Crippen LogP contribution is 2.20. The lowest BCUT2D eigenvalue weighted by molar-refractivity contribution is -0.118. The summed E-state index contributed by atoms with van der Waals surface area (Å²) in [6, 6.07) is 13.6. The molecule has 1 amide bonds. The molecule has 3 aromatic rings. The van der Waals surface area contributed by atoms with Crippen molar-refractivity contribution >= 4 is 17.7 Å². The minimum atomic E-state index is -0.0564. The van der Waals surface area contributed by atoms with Crippen LogP contribution in [0.5, 0.6) is 0 Å². The van der Waals surface area contributed by atoms with Gasteiger partial charge in [0.05, 0.1) is 30.5 Å².